The number of urea groups is 1. The summed E-state index contributed by atoms with van der Waals surface area (Å²) < 4.78 is 24.9. The van der Waals surface area contributed by atoms with Crippen LogP contribution in [0.5, 0.6) is 0 Å². The molecular formula is C14H18N6O4S3. The Hall–Kier alpha value is -2.25. The van der Waals surface area contributed by atoms with E-state index < -0.39 is 28.0 Å². The highest BCUT2D eigenvalue weighted by Gasteiger charge is 2.33. The first kappa shape index (κ1) is 19.5. The maximum Gasteiger partial charge on any atom is 0.324 e. The van der Waals surface area contributed by atoms with Crippen LogP contribution in [0.1, 0.15) is 18.5 Å². The Morgan fingerprint density at radius 3 is 2.74 bits per heavy atom. The molecule has 4 N–H and O–H groups in total. The van der Waals surface area contributed by atoms with Gasteiger partial charge in [0, 0.05) is 11.9 Å². The van der Waals surface area contributed by atoms with Crippen LogP contribution in [-0.2, 0) is 14.8 Å². The highest BCUT2D eigenvalue weighted by Crippen LogP contribution is 2.35. The van der Waals surface area contributed by atoms with Crippen LogP contribution in [-0.4, -0.2) is 54.1 Å². The van der Waals surface area contributed by atoms with Gasteiger partial charge in [0.05, 0.1) is 22.5 Å². The van der Waals surface area contributed by atoms with Gasteiger partial charge in [-0.1, -0.05) is 11.3 Å². The number of sulfonamides is 1. The van der Waals surface area contributed by atoms with Gasteiger partial charge in [-0.2, -0.15) is 0 Å². The van der Waals surface area contributed by atoms with Crippen molar-refractivity contribution in [3.05, 3.63) is 11.1 Å². The minimum Gasteiger partial charge on any atom is -0.368 e. The number of primary amides is 1. The van der Waals surface area contributed by atoms with Crippen molar-refractivity contribution in [3.63, 3.8) is 0 Å². The van der Waals surface area contributed by atoms with Gasteiger partial charge in [0.15, 0.2) is 10.3 Å². The number of likely N-dealkylation sites (tertiary alicyclic amines) is 1. The normalized spacial score (nSPS) is 17.1. The average Bonchev–Trinajstić information content (AvgIpc) is 3.25. The first-order valence-electron chi connectivity index (χ1n) is 7.92. The third-order valence-electron chi connectivity index (χ3n) is 3.86. The summed E-state index contributed by atoms with van der Waals surface area (Å²) >= 11 is 2.38. The number of nitrogens with zero attached hydrogens (tertiary/aromatic N) is 3. The maximum atomic E-state index is 12.4. The fourth-order valence-corrected chi connectivity index (χ4v) is 5.29. The summed E-state index contributed by atoms with van der Waals surface area (Å²) in [6.07, 6.45) is 2.33. The second-order valence-corrected chi connectivity index (χ2v) is 9.64. The summed E-state index contributed by atoms with van der Waals surface area (Å²) in [6.45, 7) is 2.23. The van der Waals surface area contributed by atoms with Crippen LogP contribution < -0.4 is 15.8 Å². The van der Waals surface area contributed by atoms with E-state index in [0.717, 1.165) is 28.9 Å². The van der Waals surface area contributed by atoms with Gasteiger partial charge in [0.2, 0.25) is 15.9 Å². The molecule has 0 radical (unpaired) electrons. The molecule has 0 unspecified atom stereocenters. The van der Waals surface area contributed by atoms with Crippen LogP contribution in [0, 0.1) is 6.92 Å². The van der Waals surface area contributed by atoms with E-state index in [2.05, 4.69) is 20.0 Å². The second-order valence-electron chi connectivity index (χ2n) is 6.03. The Labute approximate surface area is 163 Å². The highest BCUT2D eigenvalue weighted by molar-refractivity contribution is 7.92. The summed E-state index contributed by atoms with van der Waals surface area (Å²) in [5.41, 5.74) is 6.56. The van der Waals surface area contributed by atoms with E-state index in [-0.39, 0.29) is 5.13 Å². The van der Waals surface area contributed by atoms with Crippen LogP contribution in [0.2, 0.25) is 0 Å². The predicted molar refractivity (Wildman–Crippen MR) is 104 cm³/mol. The van der Waals surface area contributed by atoms with Crippen LogP contribution >= 0.6 is 22.7 Å². The highest BCUT2D eigenvalue weighted by atomic mass is 32.2. The first-order chi connectivity index (χ1) is 12.6. The van der Waals surface area contributed by atoms with Gasteiger partial charge in [-0.3, -0.25) is 14.8 Å². The predicted octanol–water partition coefficient (Wildman–Crippen LogP) is 1.43. The lowest BCUT2D eigenvalue weighted by atomic mass is 10.2. The van der Waals surface area contributed by atoms with E-state index in [9.17, 15) is 18.0 Å². The summed E-state index contributed by atoms with van der Waals surface area (Å²) in [5, 5.41) is 5.03. The van der Waals surface area contributed by atoms with Crippen LogP contribution in [0.25, 0.3) is 10.6 Å². The van der Waals surface area contributed by atoms with Crippen molar-refractivity contribution in [3.8, 4) is 10.6 Å². The summed E-state index contributed by atoms with van der Waals surface area (Å²) in [4.78, 5) is 34.6. The molecule has 146 valence electrons. The molecule has 2 aromatic rings. The molecule has 0 aliphatic carbocycles. The number of hydrogen-bond acceptors (Lipinski definition) is 8. The zero-order chi connectivity index (χ0) is 19.8. The SMILES string of the molecule is Cc1nc(NC(=O)N2CCC[C@H]2C(N)=O)sc1-c1csc(NS(C)(=O)=O)n1. The van der Waals surface area contributed by atoms with Crippen LogP contribution in [0.15, 0.2) is 5.38 Å². The number of aromatic nitrogens is 2. The van der Waals surface area contributed by atoms with Crippen molar-refractivity contribution >= 4 is 54.9 Å². The largest absolute Gasteiger partial charge is 0.368 e. The Kier molecular flexibility index (Phi) is 5.35. The summed E-state index contributed by atoms with van der Waals surface area (Å²) in [5.74, 6) is -0.521. The molecular weight excluding hydrogens is 412 g/mol. The van der Waals surface area contributed by atoms with Gasteiger partial charge in [-0.25, -0.2) is 23.2 Å². The lowest BCUT2D eigenvalue weighted by molar-refractivity contribution is -0.121. The number of carbonyl (C=O) groups is 2. The molecule has 1 aliphatic rings. The number of aryl methyl sites for hydroxylation is 1. The molecule has 1 fully saturated rings. The molecule has 2 aromatic heterocycles. The zero-order valence-electron chi connectivity index (χ0n) is 14.6. The smallest absolute Gasteiger partial charge is 0.324 e. The fraction of sp³-hybridized carbons (Fsp3) is 0.429. The van der Waals surface area contributed by atoms with Gasteiger partial charge in [0.25, 0.3) is 0 Å². The maximum absolute atomic E-state index is 12.4. The van der Waals surface area contributed by atoms with Gasteiger partial charge in [-0.05, 0) is 19.8 Å². The molecule has 1 aliphatic heterocycles. The summed E-state index contributed by atoms with van der Waals surface area (Å²) in [7, 11) is -3.40. The van der Waals surface area contributed by atoms with E-state index in [1.54, 1.807) is 12.3 Å². The molecule has 0 saturated carbocycles. The molecule has 0 aromatic carbocycles. The van der Waals surface area contributed by atoms with E-state index in [1.165, 1.54) is 16.2 Å². The van der Waals surface area contributed by atoms with Crippen molar-refractivity contribution in [2.45, 2.75) is 25.8 Å². The lowest BCUT2D eigenvalue weighted by Gasteiger charge is -2.21. The molecule has 13 heteroatoms. The van der Waals surface area contributed by atoms with Gasteiger partial charge >= 0.3 is 6.03 Å². The second kappa shape index (κ2) is 7.40. The van der Waals surface area contributed by atoms with E-state index in [0.29, 0.717) is 29.5 Å². The molecule has 1 atom stereocenters. The van der Waals surface area contributed by atoms with Crippen LogP contribution in [0.3, 0.4) is 0 Å². The molecule has 1 saturated heterocycles. The van der Waals surface area contributed by atoms with Crippen molar-refractivity contribution in [1.29, 1.82) is 0 Å². The molecule has 10 nitrogen and oxygen atoms in total. The molecule has 3 heterocycles. The number of hydrogen-bond donors (Lipinski definition) is 3. The average molecular weight is 431 g/mol. The Morgan fingerprint density at radius 2 is 2.07 bits per heavy atom. The number of nitrogens with two attached hydrogens (primary N) is 1. The lowest BCUT2D eigenvalue weighted by Crippen LogP contribution is -2.45. The van der Waals surface area contributed by atoms with E-state index >= 15 is 0 Å². The fourth-order valence-electron chi connectivity index (χ4n) is 2.74. The number of carbonyl (C=O) groups excluding carboxylic acids is 2. The van der Waals surface area contributed by atoms with Crippen molar-refractivity contribution in [2.75, 3.05) is 22.8 Å². The Morgan fingerprint density at radius 1 is 1.33 bits per heavy atom. The van der Waals surface area contributed by atoms with Gasteiger partial charge in [0.1, 0.15) is 6.04 Å². The van der Waals surface area contributed by atoms with E-state index in [1.807, 2.05) is 0 Å². The third kappa shape index (κ3) is 4.54. The van der Waals surface area contributed by atoms with E-state index in [4.69, 9.17) is 5.73 Å². The quantitative estimate of drug-likeness (QED) is 0.654. The van der Waals surface area contributed by atoms with Gasteiger partial charge in [-0.15, -0.1) is 11.3 Å². The first-order valence-corrected chi connectivity index (χ1v) is 11.5. The third-order valence-corrected chi connectivity index (χ3v) is 6.41. The number of nitrogens with one attached hydrogen (secondary N) is 2. The molecule has 0 spiro atoms. The summed E-state index contributed by atoms with van der Waals surface area (Å²) in [6, 6.07) is -1.02. The number of thiazole rings is 2. The molecule has 27 heavy (non-hydrogen) atoms. The standard InChI is InChI=1S/C14H18N6O4S3/c1-7-10(8-6-25-13(17-8)19-27(2,23)24)26-12(16-7)18-14(22)20-5-3-4-9(20)11(15)21/h6,9H,3-5H2,1-2H3,(H2,15,21)(H,17,19)(H,16,18,22)/t9-/m0/s1. The molecule has 3 rings (SSSR count). The molecule has 0 bridgehead atoms. The zero-order valence-corrected chi connectivity index (χ0v) is 17.0. The Balaban J connectivity index is 1.75. The monoisotopic (exact) mass is 430 g/mol. The van der Waals surface area contributed by atoms with Crippen molar-refractivity contribution in [1.82, 2.24) is 14.9 Å². The number of amides is 3. The minimum atomic E-state index is -3.40. The number of rotatable bonds is 5. The topological polar surface area (TPSA) is 147 Å². The van der Waals surface area contributed by atoms with Gasteiger partial charge < -0.3 is 10.6 Å². The molecule has 3 amide bonds. The van der Waals surface area contributed by atoms with Crippen LogP contribution in [0.4, 0.5) is 15.1 Å². The van der Waals surface area contributed by atoms with Crippen molar-refractivity contribution in [2.24, 2.45) is 5.73 Å². The Bertz CT molecular complexity index is 983. The number of anilines is 2. The minimum absolute atomic E-state index is 0.257. The van der Waals surface area contributed by atoms with Crippen molar-refractivity contribution < 1.29 is 18.0 Å².